The van der Waals surface area contributed by atoms with E-state index in [0.717, 1.165) is 4.57 Å². The maximum atomic E-state index is 11.9. The summed E-state index contributed by atoms with van der Waals surface area (Å²) in [6.45, 7) is 0.856. The van der Waals surface area contributed by atoms with Gasteiger partial charge in [0.15, 0.2) is 0 Å². The minimum absolute atomic E-state index is 0.00839. The maximum Gasteiger partial charge on any atom is 0.330 e. The number of amides is 2. The Bertz CT molecular complexity index is 729. The number of hydrogen-bond donors (Lipinski definition) is 1. The Balaban J connectivity index is 2.22. The Morgan fingerprint density at radius 3 is 2.67 bits per heavy atom. The minimum atomic E-state index is -0.474. The van der Waals surface area contributed by atoms with Crippen molar-refractivity contribution in [3.8, 4) is 0 Å². The first-order valence-electron chi connectivity index (χ1n) is 6.40. The van der Waals surface area contributed by atoms with E-state index in [1.54, 1.807) is 0 Å². The van der Waals surface area contributed by atoms with Gasteiger partial charge in [0, 0.05) is 39.5 Å². The van der Waals surface area contributed by atoms with Gasteiger partial charge in [-0.3, -0.25) is 19.0 Å². The van der Waals surface area contributed by atoms with Gasteiger partial charge in [-0.25, -0.2) is 4.79 Å². The molecule has 8 nitrogen and oxygen atoms in total. The fourth-order valence-electron chi connectivity index (χ4n) is 2.04. The molecule has 0 radical (unpaired) electrons. The van der Waals surface area contributed by atoms with Crippen molar-refractivity contribution in [3.05, 3.63) is 38.7 Å². The van der Waals surface area contributed by atoms with E-state index in [9.17, 15) is 19.2 Å². The number of nitrogens with one attached hydrogen (secondary N) is 1. The summed E-state index contributed by atoms with van der Waals surface area (Å²) in [4.78, 5) is 48.0. The molecule has 1 fully saturated rings. The van der Waals surface area contributed by atoms with Crippen LogP contribution >= 0.6 is 0 Å². The molecule has 2 heterocycles. The van der Waals surface area contributed by atoms with E-state index in [0.29, 0.717) is 13.1 Å². The molecule has 2 amide bonds. The third-order valence-electron chi connectivity index (χ3n) is 3.23. The van der Waals surface area contributed by atoms with Crippen LogP contribution in [0.3, 0.4) is 0 Å². The lowest BCUT2D eigenvalue weighted by molar-refractivity contribution is -0.134. The molecule has 0 spiro atoms. The number of aryl methyl sites for hydroxylation is 1. The zero-order valence-corrected chi connectivity index (χ0v) is 11.8. The molecule has 112 valence electrons. The van der Waals surface area contributed by atoms with Crippen LogP contribution in [-0.2, 0) is 23.7 Å². The monoisotopic (exact) mass is 292 g/mol. The van der Waals surface area contributed by atoms with Crippen LogP contribution in [0.25, 0.3) is 6.08 Å². The Labute approximate surface area is 120 Å². The first-order chi connectivity index (χ1) is 9.90. The van der Waals surface area contributed by atoms with Crippen LogP contribution < -0.4 is 16.6 Å². The average molecular weight is 292 g/mol. The van der Waals surface area contributed by atoms with Crippen molar-refractivity contribution in [2.24, 2.45) is 14.1 Å². The van der Waals surface area contributed by atoms with Crippen molar-refractivity contribution in [1.29, 1.82) is 0 Å². The predicted molar refractivity (Wildman–Crippen MR) is 75.5 cm³/mol. The normalized spacial score (nSPS) is 15.3. The molecule has 0 aliphatic carbocycles. The first kappa shape index (κ1) is 14.8. The second kappa shape index (κ2) is 5.78. The van der Waals surface area contributed by atoms with Gasteiger partial charge in [-0.05, 0) is 6.08 Å². The van der Waals surface area contributed by atoms with Crippen LogP contribution in [-0.4, -0.2) is 45.5 Å². The van der Waals surface area contributed by atoms with Crippen molar-refractivity contribution in [2.45, 2.75) is 0 Å². The van der Waals surface area contributed by atoms with Crippen molar-refractivity contribution in [1.82, 2.24) is 19.4 Å². The highest BCUT2D eigenvalue weighted by Crippen LogP contribution is 1.99. The highest BCUT2D eigenvalue weighted by Gasteiger charge is 2.19. The van der Waals surface area contributed by atoms with Gasteiger partial charge in [-0.1, -0.05) is 0 Å². The molecule has 0 saturated carbocycles. The SMILES string of the molecule is Cn1cc(C=CC(=O)N2CCNC(=O)C2)c(=O)n(C)c1=O. The van der Waals surface area contributed by atoms with Crippen molar-refractivity contribution >= 4 is 17.9 Å². The maximum absolute atomic E-state index is 11.9. The standard InChI is InChI=1S/C13H16N4O4/c1-15-7-9(12(20)16(2)13(15)21)3-4-11(19)17-6-5-14-10(18)8-17/h3-4,7H,5-6,8H2,1-2H3,(H,14,18). The van der Waals surface area contributed by atoms with Gasteiger partial charge in [0.05, 0.1) is 12.1 Å². The summed E-state index contributed by atoms with van der Waals surface area (Å²) in [5.74, 6) is -0.554. The minimum Gasteiger partial charge on any atom is -0.353 e. The molecule has 1 N–H and O–H groups in total. The summed E-state index contributed by atoms with van der Waals surface area (Å²) in [6, 6.07) is 0. The Hall–Kier alpha value is -2.64. The number of aromatic nitrogens is 2. The van der Waals surface area contributed by atoms with E-state index in [2.05, 4.69) is 5.32 Å². The lowest BCUT2D eigenvalue weighted by Crippen LogP contribution is -2.49. The average Bonchev–Trinajstić information content (AvgIpc) is 2.47. The molecular weight excluding hydrogens is 276 g/mol. The fourth-order valence-corrected chi connectivity index (χ4v) is 2.04. The second-order valence-electron chi connectivity index (χ2n) is 4.79. The quantitative estimate of drug-likeness (QED) is 0.642. The van der Waals surface area contributed by atoms with E-state index in [4.69, 9.17) is 0 Å². The lowest BCUT2D eigenvalue weighted by Gasteiger charge is -2.25. The molecule has 1 aromatic rings. The number of carbonyl (C=O) groups excluding carboxylic acids is 2. The predicted octanol–water partition coefficient (Wildman–Crippen LogP) is -1.94. The summed E-state index contributed by atoms with van der Waals surface area (Å²) >= 11 is 0. The number of carbonyl (C=O) groups is 2. The van der Waals surface area contributed by atoms with Crippen LogP contribution in [0.4, 0.5) is 0 Å². The summed E-state index contributed by atoms with van der Waals surface area (Å²) in [5, 5.41) is 2.62. The number of hydrogen-bond acceptors (Lipinski definition) is 4. The second-order valence-corrected chi connectivity index (χ2v) is 4.79. The summed E-state index contributed by atoms with van der Waals surface area (Å²) in [6.07, 6.45) is 3.97. The molecule has 1 aromatic heterocycles. The van der Waals surface area contributed by atoms with Crippen molar-refractivity contribution in [3.63, 3.8) is 0 Å². The molecule has 1 aliphatic rings. The topological polar surface area (TPSA) is 93.4 Å². The van der Waals surface area contributed by atoms with Crippen LogP contribution in [0.1, 0.15) is 5.56 Å². The molecule has 0 bridgehead atoms. The molecule has 1 aliphatic heterocycles. The van der Waals surface area contributed by atoms with Gasteiger partial charge in [-0.15, -0.1) is 0 Å². The largest absolute Gasteiger partial charge is 0.353 e. The van der Waals surface area contributed by atoms with Gasteiger partial charge >= 0.3 is 5.69 Å². The smallest absolute Gasteiger partial charge is 0.330 e. The zero-order valence-electron chi connectivity index (χ0n) is 11.8. The molecular formula is C13H16N4O4. The zero-order chi connectivity index (χ0) is 15.6. The van der Waals surface area contributed by atoms with E-state index < -0.39 is 11.2 Å². The van der Waals surface area contributed by atoms with E-state index in [-0.39, 0.29) is 23.9 Å². The van der Waals surface area contributed by atoms with Gasteiger partial charge in [0.2, 0.25) is 11.8 Å². The van der Waals surface area contributed by atoms with Gasteiger partial charge in [0.1, 0.15) is 0 Å². The number of rotatable bonds is 2. The molecule has 8 heteroatoms. The third kappa shape index (κ3) is 3.10. The third-order valence-corrected chi connectivity index (χ3v) is 3.23. The van der Waals surface area contributed by atoms with E-state index in [1.165, 1.54) is 41.9 Å². The van der Waals surface area contributed by atoms with Gasteiger partial charge < -0.3 is 14.8 Å². The summed E-state index contributed by atoms with van der Waals surface area (Å²) < 4.78 is 2.23. The number of nitrogens with zero attached hydrogens (tertiary/aromatic N) is 3. The van der Waals surface area contributed by atoms with Crippen LogP contribution in [0, 0.1) is 0 Å². The van der Waals surface area contributed by atoms with Crippen LogP contribution in [0.5, 0.6) is 0 Å². The van der Waals surface area contributed by atoms with E-state index in [1.807, 2.05) is 0 Å². The Morgan fingerprint density at radius 1 is 1.29 bits per heavy atom. The highest BCUT2D eigenvalue weighted by molar-refractivity contribution is 5.94. The Kier molecular flexibility index (Phi) is 4.06. The fraction of sp³-hybridized carbons (Fsp3) is 0.385. The van der Waals surface area contributed by atoms with Crippen LogP contribution in [0.15, 0.2) is 21.9 Å². The van der Waals surface area contributed by atoms with Crippen molar-refractivity contribution < 1.29 is 9.59 Å². The van der Waals surface area contributed by atoms with Crippen LogP contribution in [0.2, 0.25) is 0 Å². The summed E-state index contributed by atoms with van der Waals surface area (Å²) in [5.41, 5.74) is -0.677. The lowest BCUT2D eigenvalue weighted by atomic mass is 10.2. The molecule has 1 saturated heterocycles. The molecule has 0 atom stereocenters. The molecule has 0 aromatic carbocycles. The van der Waals surface area contributed by atoms with Crippen molar-refractivity contribution in [2.75, 3.05) is 19.6 Å². The summed E-state index contributed by atoms with van der Waals surface area (Å²) in [7, 11) is 2.90. The number of piperazine rings is 1. The molecule has 2 rings (SSSR count). The van der Waals surface area contributed by atoms with E-state index >= 15 is 0 Å². The first-order valence-corrected chi connectivity index (χ1v) is 6.40. The molecule has 21 heavy (non-hydrogen) atoms. The van der Waals surface area contributed by atoms with Gasteiger partial charge in [0.25, 0.3) is 5.56 Å². The molecule has 0 unspecified atom stereocenters. The Morgan fingerprint density at radius 2 is 2.00 bits per heavy atom. The highest BCUT2D eigenvalue weighted by atomic mass is 16.2. The van der Waals surface area contributed by atoms with Gasteiger partial charge in [-0.2, -0.15) is 0 Å².